The Morgan fingerprint density at radius 3 is 2.62 bits per heavy atom. The van der Waals surface area contributed by atoms with Gasteiger partial charge in [0.25, 0.3) is 0 Å². The van der Waals surface area contributed by atoms with Gasteiger partial charge in [-0.2, -0.15) is 0 Å². The summed E-state index contributed by atoms with van der Waals surface area (Å²) in [6.45, 7) is 3.85. The second kappa shape index (κ2) is 6.88. The van der Waals surface area contributed by atoms with Gasteiger partial charge in [0.15, 0.2) is 0 Å². The molecule has 6 heteroatoms. The van der Waals surface area contributed by atoms with Crippen molar-refractivity contribution in [1.29, 1.82) is 0 Å². The topological polar surface area (TPSA) is 77.2 Å². The van der Waals surface area contributed by atoms with E-state index in [1.807, 2.05) is 38.1 Å². The zero-order chi connectivity index (χ0) is 15.2. The number of nitrogens with one attached hydrogen (secondary N) is 1. The average Bonchev–Trinajstić information content (AvgIpc) is 2.93. The molecule has 0 radical (unpaired) electrons. The Balaban J connectivity index is 1.96. The summed E-state index contributed by atoms with van der Waals surface area (Å²) in [7, 11) is 1.61. The molecule has 1 amide bonds. The maximum Gasteiger partial charge on any atom is 0.247 e. The molecule has 1 heterocycles. The summed E-state index contributed by atoms with van der Waals surface area (Å²) in [4.78, 5) is 11.6. The third-order valence-electron chi connectivity index (χ3n) is 2.82. The van der Waals surface area contributed by atoms with Gasteiger partial charge in [0.1, 0.15) is 5.75 Å². The molecule has 0 saturated heterocycles. The van der Waals surface area contributed by atoms with E-state index < -0.39 is 0 Å². The van der Waals surface area contributed by atoms with Crippen LogP contribution in [-0.2, 0) is 11.2 Å². The number of hydrogen-bond acceptors (Lipinski definition) is 5. The van der Waals surface area contributed by atoms with Crippen LogP contribution >= 0.6 is 0 Å². The van der Waals surface area contributed by atoms with Gasteiger partial charge in [0.2, 0.25) is 17.7 Å². The molecule has 0 aliphatic heterocycles. The fourth-order valence-corrected chi connectivity index (χ4v) is 1.82. The van der Waals surface area contributed by atoms with Gasteiger partial charge in [-0.3, -0.25) is 4.79 Å². The molecule has 0 bridgehead atoms. The molecular formula is C15H19N3O3. The number of methoxy groups -OCH3 is 1. The van der Waals surface area contributed by atoms with Crippen LogP contribution in [0.2, 0.25) is 0 Å². The van der Waals surface area contributed by atoms with E-state index in [2.05, 4.69) is 15.5 Å². The lowest BCUT2D eigenvalue weighted by molar-refractivity contribution is -0.121. The van der Waals surface area contributed by atoms with E-state index in [0.29, 0.717) is 24.6 Å². The van der Waals surface area contributed by atoms with E-state index in [9.17, 15) is 4.79 Å². The maximum atomic E-state index is 11.6. The number of benzene rings is 1. The molecule has 1 aromatic heterocycles. The van der Waals surface area contributed by atoms with Crippen molar-refractivity contribution >= 4 is 5.91 Å². The molecule has 0 aliphatic carbocycles. The highest BCUT2D eigenvalue weighted by molar-refractivity contribution is 5.76. The standard InChI is InChI=1S/C15H19N3O3/c1-10(2)16-13(19)8-9-14-17-18-15(21-14)11-4-6-12(20-3)7-5-11/h4-7,10H,8-9H2,1-3H3,(H,16,19). The van der Waals surface area contributed by atoms with Crippen molar-refractivity contribution in [3.8, 4) is 17.2 Å². The number of aromatic nitrogens is 2. The average molecular weight is 289 g/mol. The second-order valence-corrected chi connectivity index (χ2v) is 4.95. The van der Waals surface area contributed by atoms with Gasteiger partial charge in [0, 0.05) is 24.4 Å². The van der Waals surface area contributed by atoms with E-state index in [4.69, 9.17) is 9.15 Å². The van der Waals surface area contributed by atoms with Crippen LogP contribution in [0, 0.1) is 0 Å². The minimum atomic E-state index is -0.0193. The van der Waals surface area contributed by atoms with Crippen molar-refractivity contribution in [3.63, 3.8) is 0 Å². The highest BCUT2D eigenvalue weighted by Crippen LogP contribution is 2.21. The molecule has 2 rings (SSSR count). The molecule has 21 heavy (non-hydrogen) atoms. The predicted octanol–water partition coefficient (Wildman–Crippen LogP) is 2.20. The lowest BCUT2D eigenvalue weighted by atomic mass is 10.2. The lowest BCUT2D eigenvalue weighted by Crippen LogP contribution is -2.30. The predicted molar refractivity (Wildman–Crippen MR) is 77.9 cm³/mol. The first-order chi connectivity index (χ1) is 10.1. The Morgan fingerprint density at radius 1 is 1.29 bits per heavy atom. The minimum Gasteiger partial charge on any atom is -0.497 e. The zero-order valence-electron chi connectivity index (χ0n) is 12.4. The lowest BCUT2D eigenvalue weighted by Gasteiger charge is -2.06. The van der Waals surface area contributed by atoms with Gasteiger partial charge in [-0.15, -0.1) is 10.2 Å². The summed E-state index contributed by atoms with van der Waals surface area (Å²) in [5, 5.41) is 10.8. The number of hydrogen-bond donors (Lipinski definition) is 1. The summed E-state index contributed by atoms with van der Waals surface area (Å²) in [6.07, 6.45) is 0.768. The van der Waals surface area contributed by atoms with E-state index in [1.165, 1.54) is 0 Å². The minimum absolute atomic E-state index is 0.0193. The molecular weight excluding hydrogens is 270 g/mol. The number of ether oxygens (including phenoxy) is 1. The summed E-state index contributed by atoms with van der Waals surface area (Å²) >= 11 is 0. The number of nitrogens with zero attached hydrogens (tertiary/aromatic N) is 2. The molecule has 6 nitrogen and oxygen atoms in total. The monoisotopic (exact) mass is 289 g/mol. The number of aryl methyl sites for hydroxylation is 1. The molecule has 112 valence electrons. The van der Waals surface area contributed by atoms with Gasteiger partial charge < -0.3 is 14.5 Å². The maximum absolute atomic E-state index is 11.6. The Bertz CT molecular complexity index is 590. The largest absolute Gasteiger partial charge is 0.497 e. The zero-order valence-corrected chi connectivity index (χ0v) is 12.4. The molecule has 0 saturated carbocycles. The van der Waals surface area contributed by atoms with Crippen LogP contribution in [0.5, 0.6) is 5.75 Å². The third kappa shape index (κ3) is 4.30. The van der Waals surface area contributed by atoms with Gasteiger partial charge in [-0.05, 0) is 38.1 Å². The van der Waals surface area contributed by atoms with Crippen molar-refractivity contribution in [1.82, 2.24) is 15.5 Å². The third-order valence-corrected chi connectivity index (χ3v) is 2.82. The van der Waals surface area contributed by atoms with Crippen molar-refractivity contribution in [2.45, 2.75) is 32.7 Å². The molecule has 0 atom stereocenters. The quantitative estimate of drug-likeness (QED) is 0.882. The first-order valence-electron chi connectivity index (χ1n) is 6.84. The van der Waals surface area contributed by atoms with Gasteiger partial charge >= 0.3 is 0 Å². The molecule has 0 fully saturated rings. The van der Waals surface area contributed by atoms with Crippen LogP contribution in [0.1, 0.15) is 26.2 Å². The van der Waals surface area contributed by atoms with Crippen molar-refractivity contribution in [2.24, 2.45) is 0 Å². The van der Waals surface area contributed by atoms with Crippen LogP contribution in [-0.4, -0.2) is 29.3 Å². The van der Waals surface area contributed by atoms with Crippen LogP contribution in [0.3, 0.4) is 0 Å². The number of carbonyl (C=O) groups is 1. The molecule has 1 N–H and O–H groups in total. The molecule has 1 aromatic carbocycles. The van der Waals surface area contributed by atoms with E-state index in [1.54, 1.807) is 7.11 Å². The van der Waals surface area contributed by atoms with Crippen LogP contribution in [0.15, 0.2) is 28.7 Å². The summed E-state index contributed by atoms with van der Waals surface area (Å²) in [6, 6.07) is 7.49. The van der Waals surface area contributed by atoms with Gasteiger partial charge in [0.05, 0.1) is 7.11 Å². The fourth-order valence-electron chi connectivity index (χ4n) is 1.82. The van der Waals surface area contributed by atoms with Crippen molar-refractivity contribution in [2.75, 3.05) is 7.11 Å². The Kier molecular flexibility index (Phi) is 4.92. The fraction of sp³-hybridized carbons (Fsp3) is 0.400. The summed E-state index contributed by atoms with van der Waals surface area (Å²) < 4.78 is 10.7. The first-order valence-corrected chi connectivity index (χ1v) is 6.84. The number of amides is 1. The van der Waals surface area contributed by atoms with Gasteiger partial charge in [-0.25, -0.2) is 0 Å². The highest BCUT2D eigenvalue weighted by atomic mass is 16.5. The Labute approximate surface area is 123 Å². The Hall–Kier alpha value is -2.37. The van der Waals surface area contributed by atoms with E-state index in [0.717, 1.165) is 11.3 Å². The van der Waals surface area contributed by atoms with E-state index >= 15 is 0 Å². The van der Waals surface area contributed by atoms with Crippen molar-refractivity contribution < 1.29 is 13.9 Å². The SMILES string of the molecule is COc1ccc(-c2nnc(CCC(=O)NC(C)C)o2)cc1. The van der Waals surface area contributed by atoms with Crippen LogP contribution < -0.4 is 10.1 Å². The first kappa shape index (κ1) is 15.0. The summed E-state index contributed by atoms with van der Waals surface area (Å²) in [5.74, 6) is 1.65. The highest BCUT2D eigenvalue weighted by Gasteiger charge is 2.11. The normalized spacial score (nSPS) is 10.7. The van der Waals surface area contributed by atoms with Gasteiger partial charge in [-0.1, -0.05) is 0 Å². The molecule has 2 aromatic rings. The number of rotatable bonds is 6. The van der Waals surface area contributed by atoms with Crippen LogP contribution in [0.25, 0.3) is 11.5 Å². The molecule has 0 aliphatic rings. The molecule has 0 spiro atoms. The summed E-state index contributed by atoms with van der Waals surface area (Å²) in [5.41, 5.74) is 0.821. The van der Waals surface area contributed by atoms with Crippen LogP contribution in [0.4, 0.5) is 0 Å². The smallest absolute Gasteiger partial charge is 0.247 e. The van der Waals surface area contributed by atoms with Crippen molar-refractivity contribution in [3.05, 3.63) is 30.2 Å². The second-order valence-electron chi connectivity index (χ2n) is 4.95. The Morgan fingerprint density at radius 2 is 2.00 bits per heavy atom. The van der Waals surface area contributed by atoms with E-state index in [-0.39, 0.29) is 11.9 Å². The molecule has 0 unspecified atom stereocenters. The number of carbonyl (C=O) groups excluding carboxylic acids is 1.